The van der Waals surface area contributed by atoms with E-state index < -0.39 is 18.2 Å². The molecule has 10 nitrogen and oxygen atoms in total. The summed E-state index contributed by atoms with van der Waals surface area (Å²) in [6.07, 6.45) is -1.72. The number of amides is 1. The van der Waals surface area contributed by atoms with Crippen molar-refractivity contribution in [2.75, 3.05) is 24.3 Å². The number of hydrogen-bond acceptors (Lipinski definition) is 9. The summed E-state index contributed by atoms with van der Waals surface area (Å²) in [4.78, 5) is 28.8. The third-order valence-electron chi connectivity index (χ3n) is 3.43. The molecule has 3 aromatic heterocycles. The van der Waals surface area contributed by atoms with Crippen LogP contribution in [0.15, 0.2) is 35.2 Å². The Hall–Kier alpha value is -3.77. The maximum atomic E-state index is 12.5. The number of carbonyl (C=O) groups is 1. The third-order valence-corrected chi connectivity index (χ3v) is 3.43. The van der Waals surface area contributed by atoms with Crippen molar-refractivity contribution < 1.29 is 27.2 Å². The first-order valence-electron chi connectivity index (χ1n) is 8.02. The van der Waals surface area contributed by atoms with Gasteiger partial charge in [-0.2, -0.15) is 18.2 Å². The summed E-state index contributed by atoms with van der Waals surface area (Å²) < 4.78 is 46.7. The minimum atomic E-state index is -4.76. The van der Waals surface area contributed by atoms with E-state index in [4.69, 9.17) is 4.74 Å². The van der Waals surface area contributed by atoms with E-state index in [-0.39, 0.29) is 23.9 Å². The number of hydrogen-bond donors (Lipinski definition) is 1. The topological polar surface area (TPSA) is 119 Å². The van der Waals surface area contributed by atoms with E-state index in [9.17, 15) is 18.0 Å². The number of rotatable bonds is 5. The predicted octanol–water partition coefficient (Wildman–Crippen LogP) is 2.76. The van der Waals surface area contributed by atoms with Gasteiger partial charge in [-0.15, -0.1) is 0 Å². The van der Waals surface area contributed by atoms with Crippen LogP contribution in [0.1, 0.15) is 11.5 Å². The van der Waals surface area contributed by atoms with Crippen LogP contribution in [0.4, 0.5) is 29.6 Å². The quantitative estimate of drug-likeness (QED) is 0.678. The summed E-state index contributed by atoms with van der Waals surface area (Å²) in [5, 5.41) is 5.55. The fraction of sp³-hybridized carbons (Fsp3) is 0.250. The summed E-state index contributed by atoms with van der Waals surface area (Å²) in [6.45, 7) is -0.0260. The van der Waals surface area contributed by atoms with Crippen LogP contribution >= 0.6 is 0 Å². The normalized spacial score (nSPS) is 11.2. The van der Waals surface area contributed by atoms with Crippen LogP contribution in [0, 0.1) is 0 Å². The minimum Gasteiger partial charge on any atom is -0.444 e. The van der Waals surface area contributed by atoms with Crippen LogP contribution in [0.25, 0.3) is 11.5 Å². The Morgan fingerprint density at radius 3 is 2.66 bits per heavy atom. The zero-order chi connectivity index (χ0) is 21.0. The zero-order valence-electron chi connectivity index (χ0n) is 15.1. The number of nitrogens with one attached hydrogen (secondary N) is 1. The van der Waals surface area contributed by atoms with Crippen LogP contribution in [-0.4, -0.2) is 45.3 Å². The predicted molar refractivity (Wildman–Crippen MR) is 92.7 cm³/mol. The van der Waals surface area contributed by atoms with Crippen LogP contribution in [0.5, 0.6) is 0 Å². The lowest BCUT2D eigenvalue weighted by Crippen LogP contribution is -2.17. The van der Waals surface area contributed by atoms with Crippen LogP contribution in [0.3, 0.4) is 0 Å². The molecule has 13 heteroatoms. The van der Waals surface area contributed by atoms with Gasteiger partial charge in [0.2, 0.25) is 5.82 Å². The van der Waals surface area contributed by atoms with Gasteiger partial charge in [-0.3, -0.25) is 5.32 Å². The van der Waals surface area contributed by atoms with E-state index in [1.54, 1.807) is 23.2 Å². The van der Waals surface area contributed by atoms with Crippen molar-refractivity contribution in [2.45, 2.75) is 12.8 Å². The number of carbonyl (C=O) groups excluding carboxylic acids is 1. The van der Waals surface area contributed by atoms with Crippen molar-refractivity contribution in [3.8, 4) is 11.5 Å². The Balaban J connectivity index is 1.60. The third kappa shape index (κ3) is 4.94. The second-order valence-electron chi connectivity index (χ2n) is 5.79. The lowest BCUT2D eigenvalue weighted by molar-refractivity contribution is -0.159. The van der Waals surface area contributed by atoms with Crippen LogP contribution in [-0.2, 0) is 17.5 Å². The molecule has 152 valence electrons. The monoisotopic (exact) mass is 409 g/mol. The molecule has 0 bridgehead atoms. The molecule has 3 heterocycles. The Morgan fingerprint density at radius 2 is 2.03 bits per heavy atom. The summed E-state index contributed by atoms with van der Waals surface area (Å²) >= 11 is 0. The van der Waals surface area contributed by atoms with Crippen molar-refractivity contribution >= 4 is 17.7 Å². The molecule has 0 unspecified atom stereocenters. The number of halogens is 3. The highest BCUT2D eigenvalue weighted by Gasteiger charge is 2.38. The Morgan fingerprint density at radius 1 is 1.24 bits per heavy atom. The maximum absolute atomic E-state index is 12.5. The number of pyridine rings is 1. The molecule has 3 rings (SSSR count). The van der Waals surface area contributed by atoms with Crippen LogP contribution in [0.2, 0.25) is 0 Å². The molecule has 0 aliphatic carbocycles. The Kier molecular flexibility index (Phi) is 5.57. The zero-order valence-corrected chi connectivity index (χ0v) is 15.1. The van der Waals surface area contributed by atoms with E-state index in [2.05, 4.69) is 34.9 Å². The van der Waals surface area contributed by atoms with Gasteiger partial charge in [0.1, 0.15) is 18.1 Å². The van der Waals surface area contributed by atoms with E-state index in [0.717, 1.165) is 12.4 Å². The van der Waals surface area contributed by atoms with Crippen molar-refractivity contribution in [3.05, 3.63) is 42.2 Å². The van der Waals surface area contributed by atoms with Gasteiger partial charge in [0, 0.05) is 25.9 Å². The first kappa shape index (κ1) is 20.0. The van der Waals surface area contributed by atoms with Gasteiger partial charge in [0.15, 0.2) is 5.82 Å². The molecule has 29 heavy (non-hydrogen) atoms. The summed E-state index contributed by atoms with van der Waals surface area (Å²) in [6, 6.07) is 3.49. The lowest BCUT2D eigenvalue weighted by Gasteiger charge is -2.15. The molecule has 0 aliphatic rings. The number of nitrogens with zero attached hydrogens (tertiary/aromatic N) is 6. The SMILES string of the molecule is CN(C)c1ncccc1COC(=O)Nc1cnc(-c2noc(C(F)(F)F)n2)cn1. The highest BCUT2D eigenvalue weighted by atomic mass is 19.4. The fourth-order valence-corrected chi connectivity index (χ4v) is 2.18. The molecule has 0 saturated heterocycles. The van der Waals surface area contributed by atoms with Gasteiger partial charge >= 0.3 is 18.2 Å². The smallest absolute Gasteiger partial charge is 0.444 e. The number of aromatic nitrogens is 5. The molecule has 0 aliphatic heterocycles. The van der Waals surface area contributed by atoms with Crippen molar-refractivity contribution in [1.29, 1.82) is 0 Å². The number of alkyl halides is 3. The summed E-state index contributed by atoms with van der Waals surface area (Å²) in [5.74, 6) is -1.19. The summed E-state index contributed by atoms with van der Waals surface area (Å²) in [7, 11) is 3.62. The van der Waals surface area contributed by atoms with Gasteiger partial charge in [-0.05, 0) is 6.07 Å². The fourth-order valence-electron chi connectivity index (χ4n) is 2.18. The lowest BCUT2D eigenvalue weighted by atomic mass is 10.2. The molecule has 0 saturated carbocycles. The summed E-state index contributed by atoms with van der Waals surface area (Å²) in [5.41, 5.74) is 0.640. The molecule has 0 atom stereocenters. The second kappa shape index (κ2) is 8.08. The van der Waals surface area contributed by atoms with Crippen molar-refractivity contribution in [2.24, 2.45) is 0 Å². The van der Waals surface area contributed by atoms with E-state index in [1.165, 1.54) is 0 Å². The first-order chi connectivity index (χ1) is 13.7. The number of ether oxygens (including phenoxy) is 1. The number of anilines is 2. The first-order valence-corrected chi connectivity index (χ1v) is 8.02. The van der Waals surface area contributed by atoms with Gasteiger partial charge in [0.05, 0.1) is 12.4 Å². The van der Waals surface area contributed by atoms with E-state index in [0.29, 0.717) is 11.4 Å². The average Bonchev–Trinajstić information content (AvgIpc) is 3.18. The average molecular weight is 409 g/mol. The molecule has 0 fully saturated rings. The Bertz CT molecular complexity index is 990. The van der Waals surface area contributed by atoms with Crippen molar-refractivity contribution in [3.63, 3.8) is 0 Å². The molecule has 0 spiro atoms. The molecule has 0 radical (unpaired) electrons. The molecule has 3 aromatic rings. The van der Waals surface area contributed by atoms with Crippen molar-refractivity contribution in [1.82, 2.24) is 25.1 Å². The van der Waals surface area contributed by atoms with Gasteiger partial charge in [0.25, 0.3) is 0 Å². The van der Waals surface area contributed by atoms with Crippen LogP contribution < -0.4 is 10.2 Å². The standard InChI is InChI=1S/C16H14F3N7O3/c1-26(2)13-9(4-3-5-20-13)8-28-15(27)23-11-7-21-10(6-22-11)12-24-14(29-25-12)16(17,18)19/h3-7H,8H2,1-2H3,(H,22,23,27). The maximum Gasteiger partial charge on any atom is 0.471 e. The molecule has 0 aromatic carbocycles. The molecular formula is C16H14F3N7O3. The van der Waals surface area contributed by atoms with Gasteiger partial charge < -0.3 is 14.2 Å². The Labute approximate surface area is 161 Å². The second-order valence-corrected chi connectivity index (χ2v) is 5.79. The molecule has 1 N–H and O–H groups in total. The largest absolute Gasteiger partial charge is 0.471 e. The molecule has 1 amide bonds. The minimum absolute atomic E-state index is 0.0253. The highest BCUT2D eigenvalue weighted by molar-refractivity contribution is 5.83. The molecular weight excluding hydrogens is 395 g/mol. The van der Waals surface area contributed by atoms with E-state index in [1.807, 2.05) is 14.1 Å². The highest BCUT2D eigenvalue weighted by Crippen LogP contribution is 2.28. The van der Waals surface area contributed by atoms with Gasteiger partial charge in [-0.25, -0.2) is 19.7 Å². The van der Waals surface area contributed by atoms with E-state index >= 15 is 0 Å². The van der Waals surface area contributed by atoms with Gasteiger partial charge in [-0.1, -0.05) is 11.2 Å².